The van der Waals surface area contributed by atoms with Gasteiger partial charge in [-0.3, -0.25) is 0 Å². The Morgan fingerprint density at radius 1 is 0.800 bits per heavy atom. The molecule has 0 saturated carbocycles. The Labute approximate surface area is 146 Å². The van der Waals surface area contributed by atoms with Gasteiger partial charge in [-0.1, -0.05) is 68.4 Å². The molecule has 25 heavy (non-hydrogen) atoms. The monoisotopic (exact) mass is 330 g/mol. The molecular weight excluding hydrogens is 311 g/mol. The zero-order valence-electron chi connectivity index (χ0n) is 14.3. The average Bonchev–Trinajstić information content (AvgIpc) is 2.62. The van der Waals surface area contributed by atoms with Crippen LogP contribution in [0.5, 0.6) is 5.75 Å². The molecule has 124 valence electrons. The number of benzene rings is 4. The maximum atomic E-state index is 14.7. The van der Waals surface area contributed by atoms with Crippen molar-refractivity contribution < 1.29 is 9.50 Å². The number of halogens is 1. The summed E-state index contributed by atoms with van der Waals surface area (Å²) in [5.41, 5.74) is 1.94. The number of phenolic OH excluding ortho intramolecular Hbond substituents is 1. The smallest absolute Gasteiger partial charge is 0.131 e. The Hall–Kier alpha value is -2.87. The zero-order chi connectivity index (χ0) is 17.6. The van der Waals surface area contributed by atoms with E-state index in [1.807, 2.05) is 68.4 Å². The van der Waals surface area contributed by atoms with Gasteiger partial charge in [0.05, 0.1) is 0 Å². The molecule has 4 aromatic rings. The third-order valence-electron chi connectivity index (χ3n) is 4.82. The first-order valence-electron chi connectivity index (χ1n) is 8.50. The lowest BCUT2D eigenvalue weighted by Gasteiger charge is -2.16. The van der Waals surface area contributed by atoms with E-state index in [0.29, 0.717) is 11.1 Å². The average molecular weight is 330 g/mol. The van der Waals surface area contributed by atoms with E-state index >= 15 is 0 Å². The van der Waals surface area contributed by atoms with Gasteiger partial charge in [-0.2, -0.15) is 0 Å². The maximum absolute atomic E-state index is 14.7. The fourth-order valence-electron chi connectivity index (χ4n) is 3.59. The second-order valence-electron chi connectivity index (χ2n) is 6.71. The van der Waals surface area contributed by atoms with E-state index in [-0.39, 0.29) is 17.5 Å². The van der Waals surface area contributed by atoms with Gasteiger partial charge < -0.3 is 5.11 Å². The van der Waals surface area contributed by atoms with Crippen molar-refractivity contribution >= 4 is 21.5 Å². The van der Waals surface area contributed by atoms with Gasteiger partial charge in [0.1, 0.15) is 11.6 Å². The van der Waals surface area contributed by atoms with E-state index in [9.17, 15) is 9.50 Å². The molecule has 4 aromatic carbocycles. The first kappa shape index (κ1) is 15.6. The Kier molecular flexibility index (Phi) is 3.69. The highest BCUT2D eigenvalue weighted by Crippen LogP contribution is 2.42. The molecular formula is C23H19FO. The standard InChI is InChI=1S/C23H19FO/c1-14(2)17-8-5-9-20(24)22(17)19-13-12-16-11-10-15-6-3-4-7-18(15)21(16)23(19)25/h3-14,25H,1-2H3. The minimum absolute atomic E-state index is 0.140. The highest BCUT2D eigenvalue weighted by molar-refractivity contribution is 6.12. The topological polar surface area (TPSA) is 20.2 Å². The van der Waals surface area contributed by atoms with Gasteiger partial charge in [0, 0.05) is 16.5 Å². The van der Waals surface area contributed by atoms with Crippen LogP contribution in [0.3, 0.4) is 0 Å². The van der Waals surface area contributed by atoms with Crippen molar-refractivity contribution in [1.29, 1.82) is 0 Å². The summed E-state index contributed by atoms with van der Waals surface area (Å²) in [6.45, 7) is 4.07. The third kappa shape index (κ3) is 2.45. The van der Waals surface area contributed by atoms with Crippen molar-refractivity contribution in [3.8, 4) is 16.9 Å². The number of rotatable bonds is 2. The van der Waals surface area contributed by atoms with Gasteiger partial charge in [-0.25, -0.2) is 4.39 Å². The molecule has 0 aliphatic carbocycles. The van der Waals surface area contributed by atoms with E-state index in [0.717, 1.165) is 27.1 Å². The molecule has 0 atom stereocenters. The van der Waals surface area contributed by atoms with Crippen molar-refractivity contribution in [2.75, 3.05) is 0 Å². The molecule has 2 heteroatoms. The lowest BCUT2D eigenvalue weighted by molar-refractivity contribution is 0.483. The Balaban J connectivity index is 2.12. The van der Waals surface area contributed by atoms with Gasteiger partial charge in [0.15, 0.2) is 0 Å². The molecule has 4 rings (SSSR count). The summed E-state index contributed by atoms with van der Waals surface area (Å²) in [5.74, 6) is -0.00398. The summed E-state index contributed by atoms with van der Waals surface area (Å²) in [7, 11) is 0. The summed E-state index contributed by atoms with van der Waals surface area (Å²) in [6, 6.07) is 20.8. The molecule has 0 unspecified atom stereocenters. The summed E-state index contributed by atoms with van der Waals surface area (Å²) >= 11 is 0. The molecule has 0 radical (unpaired) electrons. The normalized spacial score (nSPS) is 11.5. The molecule has 0 bridgehead atoms. The number of phenols is 1. The van der Waals surface area contributed by atoms with E-state index in [2.05, 4.69) is 0 Å². The number of hydrogen-bond donors (Lipinski definition) is 1. The van der Waals surface area contributed by atoms with Gasteiger partial charge in [0.25, 0.3) is 0 Å². The van der Waals surface area contributed by atoms with E-state index in [1.165, 1.54) is 6.07 Å². The van der Waals surface area contributed by atoms with Crippen LogP contribution in [-0.2, 0) is 0 Å². The Morgan fingerprint density at radius 2 is 1.52 bits per heavy atom. The molecule has 1 N–H and O–H groups in total. The van der Waals surface area contributed by atoms with Gasteiger partial charge >= 0.3 is 0 Å². The van der Waals surface area contributed by atoms with Crippen LogP contribution >= 0.6 is 0 Å². The number of hydrogen-bond acceptors (Lipinski definition) is 1. The van der Waals surface area contributed by atoms with Crippen LogP contribution in [0.15, 0.2) is 66.7 Å². The summed E-state index contributed by atoms with van der Waals surface area (Å²) in [5, 5.41) is 14.8. The molecule has 0 fully saturated rings. The lowest BCUT2D eigenvalue weighted by atomic mass is 9.89. The predicted molar refractivity (Wildman–Crippen MR) is 103 cm³/mol. The maximum Gasteiger partial charge on any atom is 0.131 e. The molecule has 0 aromatic heterocycles. The number of fused-ring (bicyclic) bond motifs is 3. The Bertz CT molecular complexity index is 1100. The lowest BCUT2D eigenvalue weighted by Crippen LogP contribution is -1.96. The van der Waals surface area contributed by atoms with Crippen LogP contribution in [0.1, 0.15) is 25.3 Å². The quantitative estimate of drug-likeness (QED) is 0.409. The summed E-state index contributed by atoms with van der Waals surface area (Å²) in [4.78, 5) is 0. The van der Waals surface area contributed by atoms with E-state index in [1.54, 1.807) is 6.07 Å². The molecule has 1 nitrogen and oxygen atoms in total. The molecule has 0 aliphatic heterocycles. The van der Waals surface area contributed by atoms with Crippen LogP contribution in [0, 0.1) is 5.82 Å². The van der Waals surface area contributed by atoms with Crippen molar-refractivity contribution in [3.05, 3.63) is 78.1 Å². The molecule has 0 saturated heterocycles. The molecule has 0 heterocycles. The minimum Gasteiger partial charge on any atom is -0.507 e. The van der Waals surface area contributed by atoms with Crippen LogP contribution < -0.4 is 0 Å². The summed E-state index contributed by atoms with van der Waals surface area (Å²) in [6.07, 6.45) is 0. The second kappa shape index (κ2) is 5.89. The van der Waals surface area contributed by atoms with Gasteiger partial charge in [0.2, 0.25) is 0 Å². The Morgan fingerprint density at radius 3 is 2.32 bits per heavy atom. The molecule has 0 spiro atoms. The van der Waals surface area contributed by atoms with Gasteiger partial charge in [-0.15, -0.1) is 0 Å². The minimum atomic E-state index is -0.305. The van der Waals surface area contributed by atoms with Gasteiger partial charge in [-0.05, 0) is 39.8 Å². The molecule has 0 amide bonds. The van der Waals surface area contributed by atoms with Crippen molar-refractivity contribution in [1.82, 2.24) is 0 Å². The zero-order valence-corrected chi connectivity index (χ0v) is 14.3. The van der Waals surface area contributed by atoms with E-state index in [4.69, 9.17) is 0 Å². The van der Waals surface area contributed by atoms with E-state index < -0.39 is 0 Å². The highest BCUT2D eigenvalue weighted by Gasteiger charge is 2.18. The van der Waals surface area contributed by atoms with Crippen molar-refractivity contribution in [2.24, 2.45) is 0 Å². The van der Waals surface area contributed by atoms with Crippen LogP contribution in [0.2, 0.25) is 0 Å². The van der Waals surface area contributed by atoms with Crippen LogP contribution in [0.25, 0.3) is 32.7 Å². The highest BCUT2D eigenvalue weighted by atomic mass is 19.1. The largest absolute Gasteiger partial charge is 0.507 e. The van der Waals surface area contributed by atoms with Crippen molar-refractivity contribution in [3.63, 3.8) is 0 Å². The predicted octanol–water partition coefficient (Wildman–Crippen LogP) is 6.63. The van der Waals surface area contributed by atoms with Crippen molar-refractivity contribution in [2.45, 2.75) is 19.8 Å². The molecule has 0 aliphatic rings. The van der Waals surface area contributed by atoms with Crippen LogP contribution in [-0.4, -0.2) is 5.11 Å². The third-order valence-corrected chi connectivity index (χ3v) is 4.82. The number of aromatic hydroxyl groups is 1. The fourth-order valence-corrected chi connectivity index (χ4v) is 3.59. The first-order valence-corrected chi connectivity index (χ1v) is 8.50. The van der Waals surface area contributed by atoms with Crippen LogP contribution in [0.4, 0.5) is 4.39 Å². The summed E-state index contributed by atoms with van der Waals surface area (Å²) < 4.78 is 14.7. The first-order chi connectivity index (χ1) is 12.1. The SMILES string of the molecule is CC(C)c1cccc(F)c1-c1ccc2ccc3ccccc3c2c1O. The second-order valence-corrected chi connectivity index (χ2v) is 6.71. The fraction of sp³-hybridized carbons (Fsp3) is 0.130.